The number of rotatable bonds is 9. The number of amides is 2. The molecular weight excluding hydrogens is 430 g/mol. The molecule has 0 saturated carbocycles. The highest BCUT2D eigenvalue weighted by Crippen LogP contribution is 2.20. The number of carbonyl (C=O) groups excluding carboxylic acids is 2. The molecular formula is C27H25N3O4. The van der Waals surface area contributed by atoms with E-state index in [1.165, 1.54) is 0 Å². The van der Waals surface area contributed by atoms with Gasteiger partial charge in [-0.15, -0.1) is 0 Å². The summed E-state index contributed by atoms with van der Waals surface area (Å²) in [6.07, 6.45) is 2.72. The van der Waals surface area contributed by atoms with E-state index in [1.54, 1.807) is 30.5 Å². The Kier molecular flexibility index (Phi) is 7.03. The number of aromatic amines is 1. The van der Waals surface area contributed by atoms with Crippen LogP contribution in [0.5, 0.6) is 0 Å². The molecule has 4 N–H and O–H groups in total. The predicted molar refractivity (Wildman–Crippen MR) is 131 cm³/mol. The van der Waals surface area contributed by atoms with Crippen molar-refractivity contribution in [3.63, 3.8) is 0 Å². The summed E-state index contributed by atoms with van der Waals surface area (Å²) < 4.78 is 0. The molecule has 4 rings (SSSR count). The van der Waals surface area contributed by atoms with Gasteiger partial charge < -0.3 is 20.7 Å². The van der Waals surface area contributed by atoms with Crippen molar-refractivity contribution in [2.24, 2.45) is 0 Å². The Labute approximate surface area is 196 Å². The predicted octanol–water partition coefficient (Wildman–Crippen LogP) is 4.16. The molecule has 0 bridgehead atoms. The highest BCUT2D eigenvalue weighted by Gasteiger charge is 2.24. The van der Waals surface area contributed by atoms with Gasteiger partial charge in [0, 0.05) is 29.9 Å². The molecule has 172 valence electrons. The summed E-state index contributed by atoms with van der Waals surface area (Å²) >= 11 is 0. The number of aliphatic carboxylic acids is 1. The van der Waals surface area contributed by atoms with E-state index in [0.717, 1.165) is 22.0 Å². The van der Waals surface area contributed by atoms with Crippen LogP contribution in [0.25, 0.3) is 10.9 Å². The molecule has 7 nitrogen and oxygen atoms in total. The third-order valence-electron chi connectivity index (χ3n) is 5.63. The van der Waals surface area contributed by atoms with Gasteiger partial charge in [-0.2, -0.15) is 0 Å². The quantitative estimate of drug-likeness (QED) is 0.304. The molecule has 0 saturated heterocycles. The summed E-state index contributed by atoms with van der Waals surface area (Å²) in [6.45, 7) is 0. The number of hydrogen-bond acceptors (Lipinski definition) is 3. The van der Waals surface area contributed by atoms with Gasteiger partial charge in [0.2, 0.25) is 5.91 Å². The van der Waals surface area contributed by atoms with Crippen LogP contribution in [-0.4, -0.2) is 33.9 Å². The lowest BCUT2D eigenvalue weighted by atomic mass is 10.0. The maximum Gasteiger partial charge on any atom is 0.326 e. The van der Waals surface area contributed by atoms with E-state index < -0.39 is 17.9 Å². The molecule has 2 amide bonds. The van der Waals surface area contributed by atoms with Crippen molar-refractivity contribution in [2.45, 2.75) is 25.3 Å². The van der Waals surface area contributed by atoms with E-state index in [2.05, 4.69) is 15.6 Å². The van der Waals surface area contributed by atoms with Crippen LogP contribution < -0.4 is 10.6 Å². The number of benzene rings is 3. The van der Waals surface area contributed by atoms with Gasteiger partial charge in [-0.1, -0.05) is 60.7 Å². The summed E-state index contributed by atoms with van der Waals surface area (Å²) in [4.78, 5) is 40.5. The average molecular weight is 456 g/mol. The summed E-state index contributed by atoms with van der Waals surface area (Å²) in [7, 11) is 0. The molecule has 7 heteroatoms. The van der Waals surface area contributed by atoms with Crippen molar-refractivity contribution < 1.29 is 19.5 Å². The van der Waals surface area contributed by atoms with E-state index in [1.807, 2.05) is 54.6 Å². The van der Waals surface area contributed by atoms with E-state index in [-0.39, 0.29) is 24.3 Å². The molecule has 0 spiro atoms. The minimum absolute atomic E-state index is 0.122. The van der Waals surface area contributed by atoms with Crippen LogP contribution in [-0.2, 0) is 22.4 Å². The van der Waals surface area contributed by atoms with Crippen LogP contribution in [0.3, 0.4) is 0 Å². The van der Waals surface area contributed by atoms with Crippen molar-refractivity contribution in [2.75, 3.05) is 5.32 Å². The van der Waals surface area contributed by atoms with Gasteiger partial charge in [0.15, 0.2) is 0 Å². The number of nitrogens with one attached hydrogen (secondary N) is 3. The highest BCUT2D eigenvalue weighted by atomic mass is 16.4. The van der Waals surface area contributed by atoms with Gasteiger partial charge in [0.05, 0.1) is 11.3 Å². The number of carboxylic acids is 1. The lowest BCUT2D eigenvalue weighted by molar-refractivity contribution is -0.139. The average Bonchev–Trinajstić information content (AvgIpc) is 3.26. The molecule has 3 aromatic carbocycles. The Hall–Kier alpha value is -4.39. The first-order valence-electron chi connectivity index (χ1n) is 11.0. The van der Waals surface area contributed by atoms with Crippen LogP contribution in [0, 0.1) is 0 Å². The zero-order valence-corrected chi connectivity index (χ0v) is 18.5. The molecule has 0 fully saturated rings. The number of hydrogen-bond donors (Lipinski definition) is 4. The van der Waals surface area contributed by atoms with Crippen LogP contribution in [0.2, 0.25) is 0 Å². The van der Waals surface area contributed by atoms with Gasteiger partial charge in [-0.25, -0.2) is 4.79 Å². The normalized spacial score (nSPS) is 11.6. The largest absolute Gasteiger partial charge is 0.480 e. The van der Waals surface area contributed by atoms with Gasteiger partial charge >= 0.3 is 5.97 Å². The van der Waals surface area contributed by atoms with E-state index >= 15 is 0 Å². The second kappa shape index (κ2) is 10.5. The Morgan fingerprint density at radius 2 is 1.59 bits per heavy atom. The molecule has 4 aromatic rings. The van der Waals surface area contributed by atoms with Crippen LogP contribution in [0.4, 0.5) is 5.69 Å². The van der Waals surface area contributed by atoms with Crippen LogP contribution in [0.1, 0.15) is 27.9 Å². The fourth-order valence-corrected chi connectivity index (χ4v) is 3.86. The molecule has 0 radical (unpaired) electrons. The monoisotopic (exact) mass is 455 g/mol. The molecule has 0 aliphatic carbocycles. The molecule has 1 atom stereocenters. The first kappa shape index (κ1) is 22.8. The van der Waals surface area contributed by atoms with Crippen LogP contribution >= 0.6 is 0 Å². The lowest BCUT2D eigenvalue weighted by Gasteiger charge is -2.16. The van der Waals surface area contributed by atoms with E-state index in [0.29, 0.717) is 12.1 Å². The topological polar surface area (TPSA) is 111 Å². The second-order valence-electron chi connectivity index (χ2n) is 8.01. The summed E-state index contributed by atoms with van der Waals surface area (Å²) in [5, 5.41) is 16.0. The van der Waals surface area contributed by atoms with Gasteiger partial charge in [0.1, 0.15) is 6.04 Å². The third-order valence-corrected chi connectivity index (χ3v) is 5.63. The van der Waals surface area contributed by atoms with Gasteiger partial charge in [-0.05, 0) is 35.7 Å². The first-order valence-corrected chi connectivity index (χ1v) is 11.0. The smallest absolute Gasteiger partial charge is 0.326 e. The third kappa shape index (κ3) is 5.50. The fourth-order valence-electron chi connectivity index (χ4n) is 3.86. The number of H-pyrrole nitrogens is 1. The SMILES string of the molecule is O=C(CCc1ccccc1)Nc1ccccc1C(=O)N[C@@H](Cc1c[nH]c2ccccc12)C(=O)O. The minimum Gasteiger partial charge on any atom is -0.480 e. The number of aromatic nitrogens is 1. The Morgan fingerprint density at radius 1 is 0.882 bits per heavy atom. The number of aryl methyl sites for hydroxylation is 1. The van der Waals surface area contributed by atoms with Crippen molar-refractivity contribution in [3.05, 3.63) is 102 Å². The number of anilines is 1. The molecule has 0 aliphatic rings. The first-order chi connectivity index (χ1) is 16.5. The Morgan fingerprint density at radius 3 is 2.38 bits per heavy atom. The highest BCUT2D eigenvalue weighted by molar-refractivity contribution is 6.04. The molecule has 1 heterocycles. The van der Waals surface area contributed by atoms with Crippen molar-refractivity contribution in [3.8, 4) is 0 Å². The number of carboxylic acid groups (broad SMARTS) is 1. The van der Waals surface area contributed by atoms with Gasteiger partial charge in [0.25, 0.3) is 5.91 Å². The summed E-state index contributed by atoms with van der Waals surface area (Å²) in [5.74, 6) is -1.92. The van der Waals surface area contributed by atoms with Crippen molar-refractivity contribution in [1.82, 2.24) is 10.3 Å². The molecule has 0 aliphatic heterocycles. The zero-order chi connectivity index (χ0) is 23.9. The maximum absolute atomic E-state index is 13.0. The van der Waals surface area contributed by atoms with Crippen molar-refractivity contribution in [1.29, 1.82) is 0 Å². The Balaban J connectivity index is 1.44. The lowest BCUT2D eigenvalue weighted by Crippen LogP contribution is -2.42. The van der Waals surface area contributed by atoms with Crippen molar-refractivity contribution >= 4 is 34.4 Å². The van der Waals surface area contributed by atoms with E-state index in [9.17, 15) is 19.5 Å². The number of carbonyl (C=O) groups is 3. The Bertz CT molecular complexity index is 1310. The number of para-hydroxylation sites is 2. The second-order valence-corrected chi connectivity index (χ2v) is 8.01. The fraction of sp³-hybridized carbons (Fsp3) is 0.148. The summed E-state index contributed by atoms with van der Waals surface area (Å²) in [5.41, 5.74) is 3.29. The van der Waals surface area contributed by atoms with Crippen LogP contribution in [0.15, 0.2) is 85.1 Å². The minimum atomic E-state index is -1.14. The maximum atomic E-state index is 13.0. The standard InChI is InChI=1S/C27H25N3O4/c31-25(15-14-18-8-2-1-3-9-18)29-23-13-7-5-11-21(23)26(32)30-24(27(33)34)16-19-17-28-22-12-6-4-10-20(19)22/h1-13,17,24,28H,14-16H2,(H,29,31)(H,30,32)(H,33,34)/t24-/m0/s1. The van der Waals surface area contributed by atoms with Gasteiger partial charge in [-0.3, -0.25) is 9.59 Å². The zero-order valence-electron chi connectivity index (χ0n) is 18.5. The molecule has 34 heavy (non-hydrogen) atoms. The van der Waals surface area contributed by atoms with E-state index in [4.69, 9.17) is 0 Å². The summed E-state index contributed by atoms with van der Waals surface area (Å²) in [6, 6.07) is 22.7. The number of fused-ring (bicyclic) bond motifs is 1. The molecule has 0 unspecified atom stereocenters. The molecule has 1 aromatic heterocycles.